The quantitative estimate of drug-likeness (QED) is 0.397. The molecule has 1 saturated heterocycles. The van der Waals surface area contributed by atoms with Gasteiger partial charge in [0.2, 0.25) is 0 Å². The van der Waals surface area contributed by atoms with Crippen molar-refractivity contribution in [1.82, 2.24) is 20.4 Å². The topological polar surface area (TPSA) is 42.9 Å². The summed E-state index contributed by atoms with van der Waals surface area (Å²) < 4.78 is 0. The molecule has 1 unspecified atom stereocenters. The number of hydrogen-bond donors (Lipinski definition) is 2. The van der Waals surface area contributed by atoms with Gasteiger partial charge in [0.1, 0.15) is 0 Å². The molecular weight excluding hydrogens is 334 g/mol. The smallest absolute Gasteiger partial charge is 0.190 e. The van der Waals surface area contributed by atoms with Gasteiger partial charge in [0.15, 0.2) is 5.96 Å². The molecule has 0 bridgehead atoms. The molecule has 0 saturated carbocycles. The molecule has 1 aliphatic heterocycles. The van der Waals surface area contributed by atoms with Crippen LogP contribution in [0.15, 0.2) is 29.3 Å². The Labute approximate surface area is 166 Å². The molecule has 1 fully saturated rings. The molecular formula is C22H39N5. The molecule has 0 aromatic heterocycles. The zero-order chi connectivity index (χ0) is 19.5. The summed E-state index contributed by atoms with van der Waals surface area (Å²) in [6.07, 6.45) is 2.43. The van der Waals surface area contributed by atoms with Gasteiger partial charge in [-0.15, -0.1) is 0 Å². The van der Waals surface area contributed by atoms with Gasteiger partial charge < -0.3 is 20.4 Å². The predicted octanol–water partition coefficient (Wildman–Crippen LogP) is 2.68. The summed E-state index contributed by atoms with van der Waals surface area (Å²) in [5.41, 5.74) is 2.69. The second kappa shape index (κ2) is 12.0. The fourth-order valence-electron chi connectivity index (χ4n) is 3.56. The first-order valence-corrected chi connectivity index (χ1v) is 10.6. The number of rotatable bonds is 9. The van der Waals surface area contributed by atoms with Gasteiger partial charge in [-0.2, -0.15) is 0 Å². The fraction of sp³-hybridized carbons (Fsp3) is 0.682. The number of unbranched alkanes of at least 4 members (excludes halogenated alkanes) is 1. The Morgan fingerprint density at radius 1 is 1.11 bits per heavy atom. The number of nitrogens with one attached hydrogen (secondary N) is 2. The van der Waals surface area contributed by atoms with Crippen molar-refractivity contribution >= 4 is 5.96 Å². The maximum atomic E-state index is 4.35. The molecule has 1 heterocycles. The monoisotopic (exact) mass is 373 g/mol. The zero-order valence-corrected chi connectivity index (χ0v) is 17.8. The Kier molecular flexibility index (Phi) is 9.64. The molecule has 5 heteroatoms. The van der Waals surface area contributed by atoms with E-state index in [1.165, 1.54) is 63.2 Å². The van der Waals surface area contributed by atoms with Crippen molar-refractivity contribution in [2.75, 3.05) is 59.4 Å². The first-order valence-electron chi connectivity index (χ1n) is 10.6. The van der Waals surface area contributed by atoms with E-state index in [2.05, 4.69) is 70.5 Å². The van der Waals surface area contributed by atoms with Gasteiger partial charge in [-0.25, -0.2) is 0 Å². The maximum Gasteiger partial charge on any atom is 0.190 e. The number of nitrogens with zero attached hydrogens (tertiary/aromatic N) is 3. The lowest BCUT2D eigenvalue weighted by atomic mass is 9.99. The Hall–Kier alpha value is -1.59. The molecule has 152 valence electrons. The Balaban J connectivity index is 1.58. The highest BCUT2D eigenvalue weighted by molar-refractivity contribution is 5.79. The van der Waals surface area contributed by atoms with Crippen molar-refractivity contribution in [2.24, 2.45) is 4.99 Å². The second-order valence-corrected chi connectivity index (χ2v) is 7.68. The number of likely N-dealkylation sites (N-methyl/N-ethyl adjacent to an activating group) is 1. The van der Waals surface area contributed by atoms with Gasteiger partial charge in [-0.05, 0) is 44.3 Å². The SMILES string of the molecule is CCN1CCN(CCCCNC(=NC)NCC(C)c2cccc(C)c2)CC1. The van der Waals surface area contributed by atoms with Crippen LogP contribution in [0.5, 0.6) is 0 Å². The van der Waals surface area contributed by atoms with Crippen molar-refractivity contribution < 1.29 is 0 Å². The van der Waals surface area contributed by atoms with Gasteiger partial charge >= 0.3 is 0 Å². The van der Waals surface area contributed by atoms with E-state index >= 15 is 0 Å². The lowest BCUT2D eigenvalue weighted by Crippen LogP contribution is -2.46. The number of aliphatic imine (C=N–C) groups is 1. The van der Waals surface area contributed by atoms with Crippen molar-refractivity contribution in [3.8, 4) is 0 Å². The number of guanidine groups is 1. The fourth-order valence-corrected chi connectivity index (χ4v) is 3.56. The molecule has 5 nitrogen and oxygen atoms in total. The van der Waals surface area contributed by atoms with E-state index in [1.807, 2.05) is 7.05 Å². The van der Waals surface area contributed by atoms with Gasteiger partial charge in [-0.1, -0.05) is 43.7 Å². The number of benzene rings is 1. The summed E-state index contributed by atoms with van der Waals surface area (Å²) in [5, 5.41) is 6.92. The van der Waals surface area contributed by atoms with Crippen LogP contribution < -0.4 is 10.6 Å². The van der Waals surface area contributed by atoms with E-state index in [0.717, 1.165) is 19.0 Å². The first kappa shape index (κ1) is 21.7. The summed E-state index contributed by atoms with van der Waals surface area (Å²) >= 11 is 0. The van der Waals surface area contributed by atoms with Gasteiger partial charge in [-0.3, -0.25) is 4.99 Å². The van der Waals surface area contributed by atoms with E-state index in [-0.39, 0.29) is 0 Å². The minimum atomic E-state index is 0.463. The molecule has 0 radical (unpaired) electrons. The summed E-state index contributed by atoms with van der Waals surface area (Å²) in [4.78, 5) is 9.49. The van der Waals surface area contributed by atoms with Crippen LogP contribution in [0.2, 0.25) is 0 Å². The lowest BCUT2D eigenvalue weighted by Gasteiger charge is -2.34. The van der Waals surface area contributed by atoms with Crippen LogP contribution in [0.1, 0.15) is 43.7 Å². The molecule has 2 N–H and O–H groups in total. The standard InChI is InChI=1S/C22H39N5/c1-5-26-13-15-27(16-14-26)12-7-6-11-24-22(23-4)25-18-20(3)21-10-8-9-19(2)17-21/h8-10,17,20H,5-7,11-16,18H2,1-4H3,(H2,23,24,25). The van der Waals surface area contributed by atoms with Crippen molar-refractivity contribution in [3.63, 3.8) is 0 Å². The third-order valence-electron chi connectivity index (χ3n) is 5.52. The molecule has 0 aliphatic carbocycles. The van der Waals surface area contributed by atoms with Gasteiger partial charge in [0, 0.05) is 46.3 Å². The first-order chi connectivity index (χ1) is 13.1. The normalized spacial score (nSPS) is 17.7. The van der Waals surface area contributed by atoms with Crippen molar-refractivity contribution in [1.29, 1.82) is 0 Å². The summed E-state index contributed by atoms with van der Waals surface area (Å²) in [6, 6.07) is 8.75. The van der Waals surface area contributed by atoms with Gasteiger partial charge in [0.05, 0.1) is 0 Å². The van der Waals surface area contributed by atoms with Crippen molar-refractivity contribution in [3.05, 3.63) is 35.4 Å². The van der Waals surface area contributed by atoms with Crippen LogP contribution in [0, 0.1) is 6.92 Å². The third kappa shape index (κ3) is 7.89. The van der Waals surface area contributed by atoms with Crippen LogP contribution in [0.4, 0.5) is 0 Å². The van der Waals surface area contributed by atoms with Crippen LogP contribution in [-0.4, -0.2) is 75.2 Å². The molecule has 1 aromatic rings. The minimum Gasteiger partial charge on any atom is -0.356 e. The number of aryl methyl sites for hydroxylation is 1. The molecule has 1 aliphatic rings. The Morgan fingerprint density at radius 3 is 2.52 bits per heavy atom. The van der Waals surface area contributed by atoms with Crippen LogP contribution in [0.25, 0.3) is 0 Å². The van der Waals surface area contributed by atoms with E-state index in [0.29, 0.717) is 5.92 Å². The average Bonchev–Trinajstić information content (AvgIpc) is 2.70. The van der Waals surface area contributed by atoms with Crippen molar-refractivity contribution in [2.45, 2.75) is 39.5 Å². The van der Waals surface area contributed by atoms with Crippen LogP contribution in [-0.2, 0) is 0 Å². The maximum absolute atomic E-state index is 4.35. The van der Waals surface area contributed by atoms with Crippen LogP contribution in [0.3, 0.4) is 0 Å². The minimum absolute atomic E-state index is 0.463. The molecule has 1 aromatic carbocycles. The molecule has 2 rings (SSSR count). The highest BCUT2D eigenvalue weighted by Crippen LogP contribution is 2.15. The highest BCUT2D eigenvalue weighted by Gasteiger charge is 2.14. The molecule has 1 atom stereocenters. The van der Waals surface area contributed by atoms with E-state index in [4.69, 9.17) is 0 Å². The second-order valence-electron chi connectivity index (χ2n) is 7.68. The van der Waals surface area contributed by atoms with E-state index in [9.17, 15) is 0 Å². The molecule has 0 spiro atoms. The van der Waals surface area contributed by atoms with E-state index < -0.39 is 0 Å². The highest BCUT2D eigenvalue weighted by atomic mass is 15.3. The molecule has 0 amide bonds. The Bertz CT molecular complexity index is 564. The Morgan fingerprint density at radius 2 is 1.85 bits per heavy atom. The lowest BCUT2D eigenvalue weighted by molar-refractivity contribution is 0.136. The predicted molar refractivity (Wildman–Crippen MR) is 117 cm³/mol. The number of piperazine rings is 1. The summed E-state index contributed by atoms with van der Waals surface area (Å²) in [7, 11) is 1.85. The summed E-state index contributed by atoms with van der Waals surface area (Å²) in [5.74, 6) is 1.37. The largest absolute Gasteiger partial charge is 0.356 e. The third-order valence-corrected chi connectivity index (χ3v) is 5.52. The summed E-state index contributed by atoms with van der Waals surface area (Å²) in [6.45, 7) is 15.8. The van der Waals surface area contributed by atoms with E-state index in [1.54, 1.807) is 0 Å². The number of hydrogen-bond acceptors (Lipinski definition) is 3. The average molecular weight is 374 g/mol. The zero-order valence-electron chi connectivity index (χ0n) is 17.8. The van der Waals surface area contributed by atoms with Crippen LogP contribution >= 0.6 is 0 Å². The molecule has 27 heavy (non-hydrogen) atoms. The van der Waals surface area contributed by atoms with Gasteiger partial charge in [0.25, 0.3) is 0 Å².